The predicted octanol–water partition coefficient (Wildman–Crippen LogP) is 3.11. The topological polar surface area (TPSA) is 79.3 Å². The molecule has 0 saturated carbocycles. The van der Waals surface area contributed by atoms with Gasteiger partial charge < -0.3 is 5.11 Å². The molecule has 2 N–H and O–H groups in total. The van der Waals surface area contributed by atoms with E-state index in [-0.39, 0.29) is 5.91 Å². The van der Waals surface area contributed by atoms with E-state index in [1.807, 2.05) is 26.0 Å². The van der Waals surface area contributed by atoms with Gasteiger partial charge in [-0.2, -0.15) is 0 Å². The first kappa shape index (κ1) is 14.9. The Morgan fingerprint density at radius 1 is 1.33 bits per heavy atom. The number of aromatic nitrogens is 1. The highest BCUT2D eigenvalue weighted by molar-refractivity contribution is 7.16. The zero-order valence-corrected chi connectivity index (χ0v) is 12.4. The van der Waals surface area contributed by atoms with Crippen LogP contribution in [0.3, 0.4) is 0 Å². The molecule has 0 radical (unpaired) electrons. The van der Waals surface area contributed by atoms with Gasteiger partial charge in [0.1, 0.15) is 0 Å². The number of carbonyl (C=O) groups is 2. The number of hydrogen-bond acceptors (Lipinski definition) is 4. The van der Waals surface area contributed by atoms with Gasteiger partial charge in [-0.1, -0.05) is 23.5 Å². The van der Waals surface area contributed by atoms with E-state index in [0.717, 1.165) is 17.2 Å². The second-order valence-corrected chi connectivity index (χ2v) is 5.50. The second-order valence-electron chi connectivity index (χ2n) is 4.44. The smallest absolute Gasteiger partial charge is 0.328 e. The Morgan fingerprint density at radius 3 is 2.81 bits per heavy atom. The van der Waals surface area contributed by atoms with Crippen molar-refractivity contribution in [2.24, 2.45) is 0 Å². The van der Waals surface area contributed by atoms with Gasteiger partial charge in [-0.05, 0) is 37.1 Å². The molecule has 0 aliphatic carbocycles. The van der Waals surface area contributed by atoms with Crippen molar-refractivity contribution in [3.63, 3.8) is 0 Å². The number of amides is 1. The van der Waals surface area contributed by atoms with E-state index in [1.165, 1.54) is 23.6 Å². The van der Waals surface area contributed by atoms with E-state index in [2.05, 4.69) is 10.3 Å². The molecule has 0 fully saturated rings. The molecule has 2 aromatic rings. The fourth-order valence-corrected chi connectivity index (χ4v) is 2.45. The largest absolute Gasteiger partial charge is 0.478 e. The van der Waals surface area contributed by atoms with Crippen molar-refractivity contribution in [3.05, 3.63) is 52.0 Å². The molecule has 1 aromatic heterocycles. The maximum absolute atomic E-state index is 12.2. The van der Waals surface area contributed by atoms with Crippen LogP contribution in [0, 0.1) is 13.8 Å². The van der Waals surface area contributed by atoms with E-state index < -0.39 is 5.97 Å². The first-order valence-electron chi connectivity index (χ1n) is 6.22. The van der Waals surface area contributed by atoms with Gasteiger partial charge in [0.05, 0.1) is 0 Å². The quantitative estimate of drug-likeness (QED) is 0.850. The number of nitrogens with zero attached hydrogens (tertiary/aromatic N) is 1. The highest BCUT2D eigenvalue weighted by atomic mass is 32.1. The van der Waals surface area contributed by atoms with Gasteiger partial charge in [-0.3, -0.25) is 10.1 Å². The van der Waals surface area contributed by atoms with E-state index in [1.54, 1.807) is 6.07 Å². The average Bonchev–Trinajstić information content (AvgIpc) is 2.87. The maximum Gasteiger partial charge on any atom is 0.328 e. The molecule has 0 bridgehead atoms. The highest BCUT2D eigenvalue weighted by Gasteiger charge is 2.12. The van der Waals surface area contributed by atoms with E-state index >= 15 is 0 Å². The summed E-state index contributed by atoms with van der Waals surface area (Å²) in [7, 11) is 0. The molecule has 6 heteroatoms. The predicted molar refractivity (Wildman–Crippen MR) is 82.7 cm³/mol. The summed E-state index contributed by atoms with van der Waals surface area (Å²) in [5, 5.41) is 11.7. The molecular weight excluding hydrogens is 288 g/mol. The Morgan fingerprint density at radius 2 is 2.10 bits per heavy atom. The lowest BCUT2D eigenvalue weighted by Gasteiger charge is -2.07. The van der Waals surface area contributed by atoms with E-state index in [9.17, 15) is 9.59 Å². The summed E-state index contributed by atoms with van der Waals surface area (Å²) >= 11 is 1.21. The van der Waals surface area contributed by atoms with Crippen LogP contribution >= 0.6 is 11.3 Å². The summed E-state index contributed by atoms with van der Waals surface area (Å²) in [4.78, 5) is 27.4. The summed E-state index contributed by atoms with van der Waals surface area (Å²) in [6.45, 7) is 3.84. The summed E-state index contributed by atoms with van der Waals surface area (Å²) in [6.07, 6.45) is 3.99. The van der Waals surface area contributed by atoms with Crippen molar-refractivity contribution < 1.29 is 14.7 Å². The summed E-state index contributed by atoms with van der Waals surface area (Å²) in [6, 6.07) is 5.54. The first-order chi connectivity index (χ1) is 9.97. The van der Waals surface area contributed by atoms with Gasteiger partial charge in [0, 0.05) is 22.7 Å². The monoisotopic (exact) mass is 302 g/mol. The van der Waals surface area contributed by atoms with Crippen LogP contribution in [0.15, 0.2) is 30.5 Å². The maximum atomic E-state index is 12.2. The Bertz CT molecular complexity index is 719. The number of thiazole rings is 1. The van der Waals surface area contributed by atoms with Gasteiger partial charge in [-0.15, -0.1) is 0 Å². The van der Waals surface area contributed by atoms with Crippen LogP contribution in [0.25, 0.3) is 6.08 Å². The number of rotatable bonds is 4. The number of aliphatic carboxylic acids is 1. The molecule has 0 unspecified atom stereocenters. The average molecular weight is 302 g/mol. The van der Waals surface area contributed by atoms with Crippen molar-refractivity contribution in [2.45, 2.75) is 13.8 Å². The van der Waals surface area contributed by atoms with E-state index in [0.29, 0.717) is 15.6 Å². The molecule has 2 rings (SSSR count). The van der Waals surface area contributed by atoms with Gasteiger partial charge in [-0.25, -0.2) is 9.78 Å². The number of hydrogen-bond donors (Lipinski definition) is 2. The van der Waals surface area contributed by atoms with Crippen LogP contribution in [0.1, 0.15) is 26.4 Å². The van der Waals surface area contributed by atoms with Gasteiger partial charge in [0.15, 0.2) is 5.13 Å². The van der Waals surface area contributed by atoms with Crippen LogP contribution in [0.4, 0.5) is 5.13 Å². The number of nitrogens with one attached hydrogen (secondary N) is 1. The van der Waals surface area contributed by atoms with E-state index in [4.69, 9.17) is 5.11 Å². The SMILES string of the molecule is Cc1cccc(C(=O)Nc2ncc(C=CC(=O)O)s2)c1C. The third-order valence-corrected chi connectivity index (χ3v) is 3.86. The molecule has 0 saturated heterocycles. The number of benzene rings is 1. The van der Waals surface area contributed by atoms with Gasteiger partial charge in [0.25, 0.3) is 5.91 Å². The second kappa shape index (κ2) is 6.32. The molecule has 0 aliphatic heterocycles. The molecule has 1 aromatic carbocycles. The molecule has 0 spiro atoms. The van der Waals surface area contributed by atoms with Crippen LogP contribution in [-0.2, 0) is 4.79 Å². The Labute approximate surface area is 126 Å². The molecule has 21 heavy (non-hydrogen) atoms. The zero-order valence-electron chi connectivity index (χ0n) is 11.6. The van der Waals surface area contributed by atoms with Crippen molar-refractivity contribution in [3.8, 4) is 0 Å². The molecule has 1 amide bonds. The lowest BCUT2D eigenvalue weighted by Crippen LogP contribution is -2.13. The third kappa shape index (κ3) is 3.76. The Kier molecular flexibility index (Phi) is 4.49. The lowest BCUT2D eigenvalue weighted by atomic mass is 10.0. The fraction of sp³-hybridized carbons (Fsp3) is 0.133. The van der Waals surface area contributed by atoms with Crippen molar-refractivity contribution in [2.75, 3.05) is 5.32 Å². The Hall–Kier alpha value is -2.47. The van der Waals surface area contributed by atoms with Crippen LogP contribution in [0.2, 0.25) is 0 Å². The van der Waals surface area contributed by atoms with Crippen molar-refractivity contribution >= 4 is 34.4 Å². The van der Waals surface area contributed by atoms with Gasteiger partial charge >= 0.3 is 5.97 Å². The number of anilines is 1. The minimum atomic E-state index is -1.02. The highest BCUT2D eigenvalue weighted by Crippen LogP contribution is 2.21. The summed E-state index contributed by atoms with van der Waals surface area (Å²) in [5.74, 6) is -1.25. The number of carboxylic acids is 1. The third-order valence-electron chi connectivity index (χ3n) is 2.98. The molecule has 0 atom stereocenters. The normalized spacial score (nSPS) is 10.8. The Balaban J connectivity index is 2.13. The van der Waals surface area contributed by atoms with Crippen molar-refractivity contribution in [1.29, 1.82) is 0 Å². The standard InChI is InChI=1S/C15H14N2O3S/c1-9-4-3-5-12(10(9)2)14(20)17-15-16-8-11(21-15)6-7-13(18)19/h3-8H,1-2H3,(H,18,19)(H,16,17,20). The van der Waals surface area contributed by atoms with Crippen LogP contribution in [0.5, 0.6) is 0 Å². The molecule has 1 heterocycles. The molecule has 5 nitrogen and oxygen atoms in total. The first-order valence-corrected chi connectivity index (χ1v) is 7.03. The fourth-order valence-electron chi connectivity index (χ4n) is 1.74. The van der Waals surface area contributed by atoms with Crippen LogP contribution < -0.4 is 5.32 Å². The van der Waals surface area contributed by atoms with Crippen LogP contribution in [-0.4, -0.2) is 22.0 Å². The number of carboxylic acid groups (broad SMARTS) is 1. The molecule has 0 aliphatic rings. The molecule has 108 valence electrons. The summed E-state index contributed by atoms with van der Waals surface area (Å²) < 4.78 is 0. The number of aryl methyl sites for hydroxylation is 1. The minimum Gasteiger partial charge on any atom is -0.478 e. The lowest BCUT2D eigenvalue weighted by molar-refractivity contribution is -0.131. The molecular formula is C15H14N2O3S. The van der Waals surface area contributed by atoms with Crippen molar-refractivity contribution in [1.82, 2.24) is 4.98 Å². The number of carbonyl (C=O) groups excluding carboxylic acids is 1. The minimum absolute atomic E-state index is 0.223. The zero-order chi connectivity index (χ0) is 15.4. The summed E-state index contributed by atoms with van der Waals surface area (Å²) in [5.41, 5.74) is 2.58. The van der Waals surface area contributed by atoms with Gasteiger partial charge in [0.2, 0.25) is 0 Å².